The summed E-state index contributed by atoms with van der Waals surface area (Å²) in [6, 6.07) is 5.35. The van der Waals surface area contributed by atoms with Crippen LogP contribution in [0.1, 0.15) is 49.0 Å². The lowest BCUT2D eigenvalue weighted by molar-refractivity contribution is 0.139. The van der Waals surface area contributed by atoms with Crippen molar-refractivity contribution in [3.05, 3.63) is 83.1 Å². The van der Waals surface area contributed by atoms with Crippen molar-refractivity contribution in [2.75, 3.05) is 13.7 Å². The molecule has 0 bridgehead atoms. The summed E-state index contributed by atoms with van der Waals surface area (Å²) in [5, 5.41) is 6.61. The Morgan fingerprint density at radius 1 is 1.42 bits per heavy atom. The summed E-state index contributed by atoms with van der Waals surface area (Å²) in [5.74, 6) is 0.493. The Hall–Kier alpha value is -2.99. The van der Waals surface area contributed by atoms with Crippen LogP contribution in [-0.2, 0) is 18.2 Å². The quantitative estimate of drug-likeness (QED) is 0.422. The Morgan fingerprint density at radius 2 is 2.21 bits per heavy atom. The molecule has 2 aromatic rings. The van der Waals surface area contributed by atoms with Gasteiger partial charge in [0.15, 0.2) is 0 Å². The lowest BCUT2D eigenvalue weighted by Gasteiger charge is -2.23. The number of alkyl carbamates (subject to hydrolysis) is 1. The van der Waals surface area contributed by atoms with Gasteiger partial charge in [-0.2, -0.15) is 0 Å². The van der Waals surface area contributed by atoms with Gasteiger partial charge in [-0.3, -0.25) is 0 Å². The third-order valence-corrected chi connectivity index (χ3v) is 5.99. The van der Waals surface area contributed by atoms with Crippen LogP contribution in [0.2, 0.25) is 5.02 Å². The minimum atomic E-state index is -0.489. The molecule has 176 valence electrons. The molecule has 6 nitrogen and oxygen atoms in total. The highest BCUT2D eigenvalue weighted by Crippen LogP contribution is 2.33. The van der Waals surface area contributed by atoms with Crippen LogP contribution in [0.4, 0.5) is 4.79 Å². The molecule has 1 heterocycles. The fourth-order valence-corrected chi connectivity index (χ4v) is 3.74. The predicted octanol–water partition coefficient (Wildman–Crippen LogP) is 5.58. The zero-order chi connectivity index (χ0) is 23.8. The maximum atomic E-state index is 12.6. The summed E-state index contributed by atoms with van der Waals surface area (Å²) < 4.78 is 7.31. The Balaban J connectivity index is 1.82. The van der Waals surface area contributed by atoms with E-state index in [2.05, 4.69) is 35.2 Å². The molecule has 33 heavy (non-hydrogen) atoms. The van der Waals surface area contributed by atoms with Crippen LogP contribution in [0.15, 0.2) is 61.2 Å². The molecule has 1 aliphatic rings. The third-order valence-electron chi connectivity index (χ3n) is 5.76. The van der Waals surface area contributed by atoms with Gasteiger partial charge in [-0.15, -0.1) is 0 Å². The smallest absolute Gasteiger partial charge is 0.407 e. The van der Waals surface area contributed by atoms with E-state index >= 15 is 0 Å². The summed E-state index contributed by atoms with van der Waals surface area (Å²) >= 11 is 6.37. The number of ether oxygens (including phenoxy) is 1. The van der Waals surface area contributed by atoms with Crippen LogP contribution >= 0.6 is 11.6 Å². The molecule has 2 N–H and O–H groups in total. The van der Waals surface area contributed by atoms with E-state index in [4.69, 9.17) is 16.3 Å². The number of imidazole rings is 1. The predicted molar refractivity (Wildman–Crippen MR) is 134 cm³/mol. The molecule has 0 saturated heterocycles. The molecule has 1 aromatic heterocycles. The van der Waals surface area contributed by atoms with Crippen LogP contribution in [0.25, 0.3) is 5.57 Å². The van der Waals surface area contributed by atoms with Gasteiger partial charge in [-0.1, -0.05) is 35.9 Å². The van der Waals surface area contributed by atoms with Gasteiger partial charge < -0.3 is 19.9 Å². The van der Waals surface area contributed by atoms with Crippen LogP contribution in [-0.4, -0.2) is 29.3 Å². The van der Waals surface area contributed by atoms with Crippen LogP contribution in [0.5, 0.6) is 0 Å². The molecule has 0 spiro atoms. The Bertz CT molecular complexity index is 1040. The number of nitrogens with one attached hydrogen (secondary N) is 2. The van der Waals surface area contributed by atoms with E-state index in [0.717, 1.165) is 48.1 Å². The van der Waals surface area contributed by atoms with E-state index in [1.54, 1.807) is 12.5 Å². The average molecular weight is 469 g/mol. The molecule has 7 heteroatoms. The molecule has 0 radical (unpaired) electrons. The van der Waals surface area contributed by atoms with Crippen molar-refractivity contribution >= 4 is 23.3 Å². The molecule has 1 fully saturated rings. The van der Waals surface area contributed by atoms with E-state index in [1.165, 1.54) is 5.57 Å². The Labute approximate surface area is 201 Å². The van der Waals surface area contributed by atoms with Gasteiger partial charge in [0.2, 0.25) is 0 Å². The first kappa shape index (κ1) is 24.6. The van der Waals surface area contributed by atoms with E-state index in [0.29, 0.717) is 17.5 Å². The first-order valence-electron chi connectivity index (χ1n) is 11.3. The number of aryl methyl sites for hydroxylation is 2. The number of rotatable bonds is 11. The summed E-state index contributed by atoms with van der Waals surface area (Å²) in [5.41, 5.74) is 4.88. The molecular weight excluding hydrogens is 436 g/mol. The fraction of sp³-hybridized carbons (Fsp3) is 0.385. The second kappa shape index (κ2) is 11.8. The number of carbonyl (C=O) groups excluding carboxylic acids is 1. The lowest BCUT2D eigenvalue weighted by atomic mass is 9.91. The number of allylic oxidation sites excluding steroid dienone is 3. The highest BCUT2D eigenvalue weighted by atomic mass is 35.5. The summed E-state index contributed by atoms with van der Waals surface area (Å²) in [6.07, 6.45) is 12.9. The fourth-order valence-electron chi connectivity index (χ4n) is 3.57. The van der Waals surface area contributed by atoms with Crippen molar-refractivity contribution in [1.82, 2.24) is 20.2 Å². The topological polar surface area (TPSA) is 68.2 Å². The molecule has 3 rings (SSSR count). The van der Waals surface area contributed by atoms with Gasteiger partial charge >= 0.3 is 6.09 Å². The van der Waals surface area contributed by atoms with Gasteiger partial charge in [0, 0.05) is 19.1 Å². The highest BCUT2D eigenvalue weighted by molar-refractivity contribution is 6.30. The van der Waals surface area contributed by atoms with Crippen LogP contribution in [0.3, 0.4) is 0 Å². The molecule has 1 atom stereocenters. The number of benzene rings is 1. The second-order valence-electron chi connectivity index (χ2n) is 8.54. The maximum Gasteiger partial charge on any atom is 0.407 e. The zero-order valence-electron chi connectivity index (χ0n) is 19.6. The normalized spacial score (nSPS) is 14.8. The molecular formula is C26H33ClN4O2. The first-order chi connectivity index (χ1) is 15.9. The summed E-state index contributed by atoms with van der Waals surface area (Å²) in [6.45, 7) is 6.93. The van der Waals surface area contributed by atoms with Crippen molar-refractivity contribution in [1.29, 1.82) is 0 Å². The van der Waals surface area contributed by atoms with Gasteiger partial charge in [-0.05, 0) is 79.6 Å². The summed E-state index contributed by atoms with van der Waals surface area (Å²) in [4.78, 5) is 16.8. The van der Waals surface area contributed by atoms with Gasteiger partial charge in [-0.25, -0.2) is 9.78 Å². The minimum Gasteiger partial charge on any atom is -0.449 e. The van der Waals surface area contributed by atoms with Gasteiger partial charge in [0.1, 0.15) is 0 Å². The van der Waals surface area contributed by atoms with Gasteiger partial charge in [0.05, 0.1) is 30.9 Å². The standard InChI is InChI=1S/C26H33ClN4O2/c1-18(6-5-13-28-3)7-10-21-11-12-22(27)14-23(21)19(2)25(24-15-29-17-31(24)4)30-26(32)33-16-20-8-9-20/h5-6,11-15,17,20,25,28H,2,7-10,16H2,1,3-4H3,(H,30,32)/b13-5-,18-6-/t25-/m1/s1. The average Bonchev–Trinajstić information content (AvgIpc) is 3.54. The molecule has 1 aromatic carbocycles. The van der Waals surface area contributed by atoms with E-state index in [1.807, 2.05) is 49.1 Å². The van der Waals surface area contributed by atoms with E-state index in [9.17, 15) is 4.79 Å². The third kappa shape index (κ3) is 7.26. The minimum absolute atomic E-state index is 0.451. The monoisotopic (exact) mass is 468 g/mol. The van der Waals surface area contributed by atoms with E-state index in [-0.39, 0.29) is 0 Å². The van der Waals surface area contributed by atoms with Crippen molar-refractivity contribution in [2.45, 2.75) is 38.6 Å². The highest BCUT2D eigenvalue weighted by Gasteiger charge is 2.27. The van der Waals surface area contributed by atoms with Gasteiger partial charge in [0.25, 0.3) is 0 Å². The largest absolute Gasteiger partial charge is 0.449 e. The van der Waals surface area contributed by atoms with Crippen molar-refractivity contribution in [3.63, 3.8) is 0 Å². The number of halogens is 1. The van der Waals surface area contributed by atoms with Crippen molar-refractivity contribution in [3.8, 4) is 0 Å². The van der Waals surface area contributed by atoms with E-state index < -0.39 is 12.1 Å². The first-order valence-corrected chi connectivity index (χ1v) is 11.6. The van der Waals surface area contributed by atoms with Crippen molar-refractivity contribution in [2.24, 2.45) is 13.0 Å². The van der Waals surface area contributed by atoms with Crippen LogP contribution < -0.4 is 10.6 Å². The molecule has 1 aliphatic carbocycles. The number of amides is 1. The SMILES string of the molecule is C=C(c1cc(Cl)ccc1CC/C(C)=C\C=C/NC)[C@@H](NC(=O)OCC1CC1)c1cncn1C. The lowest BCUT2D eigenvalue weighted by Crippen LogP contribution is -2.31. The molecule has 1 amide bonds. The number of hydrogen-bond donors (Lipinski definition) is 2. The summed E-state index contributed by atoms with van der Waals surface area (Å²) in [7, 11) is 3.77. The molecule has 0 aliphatic heterocycles. The molecule has 1 saturated carbocycles. The number of aromatic nitrogens is 2. The number of hydrogen-bond acceptors (Lipinski definition) is 4. The van der Waals surface area contributed by atoms with Crippen LogP contribution in [0, 0.1) is 5.92 Å². The molecule has 0 unspecified atom stereocenters. The van der Waals surface area contributed by atoms with Crippen molar-refractivity contribution < 1.29 is 9.53 Å². The maximum absolute atomic E-state index is 12.6. The Kier molecular flexibility index (Phi) is 8.78. The Morgan fingerprint density at radius 3 is 2.88 bits per heavy atom. The zero-order valence-corrected chi connectivity index (χ0v) is 20.4. The number of carbonyl (C=O) groups is 1. The number of nitrogens with zero attached hydrogens (tertiary/aromatic N) is 2. The second-order valence-corrected chi connectivity index (χ2v) is 8.97.